The van der Waals surface area contributed by atoms with Crippen LogP contribution in [0.4, 0.5) is 0 Å². The van der Waals surface area contributed by atoms with Gasteiger partial charge in [0.2, 0.25) is 0 Å². The van der Waals surface area contributed by atoms with Crippen molar-refractivity contribution in [1.82, 2.24) is 0 Å². The van der Waals surface area contributed by atoms with Crippen molar-refractivity contribution in [1.29, 1.82) is 0 Å². The first kappa shape index (κ1) is 18.3. The van der Waals surface area contributed by atoms with Gasteiger partial charge in [0.25, 0.3) is 0 Å². The highest BCUT2D eigenvalue weighted by molar-refractivity contribution is 5.66. The Hall–Kier alpha value is -1.47. The molecule has 0 N–H and O–H groups in total. The van der Waals surface area contributed by atoms with Crippen LogP contribution in [-0.2, 0) is 28.5 Å². The molecule has 3 rings (SSSR count). The number of esters is 1. The first-order valence-electron chi connectivity index (χ1n) is 8.62. The Labute approximate surface area is 148 Å². The minimum absolute atomic E-state index is 0.211. The Morgan fingerprint density at radius 1 is 1.20 bits per heavy atom. The molecular weight excluding hydrogens is 324 g/mol. The summed E-state index contributed by atoms with van der Waals surface area (Å²) < 4.78 is 29.2. The van der Waals surface area contributed by atoms with E-state index in [1.54, 1.807) is 7.11 Å². The van der Waals surface area contributed by atoms with Gasteiger partial charge in [0.1, 0.15) is 24.4 Å². The van der Waals surface area contributed by atoms with Crippen LogP contribution >= 0.6 is 0 Å². The van der Waals surface area contributed by atoms with Gasteiger partial charge in [-0.2, -0.15) is 0 Å². The maximum absolute atomic E-state index is 11.6. The minimum atomic E-state index is -0.634. The van der Waals surface area contributed by atoms with Gasteiger partial charge in [-0.3, -0.25) is 4.79 Å². The molecule has 1 aromatic rings. The molecule has 25 heavy (non-hydrogen) atoms. The molecule has 2 saturated heterocycles. The van der Waals surface area contributed by atoms with Crippen LogP contribution in [0.5, 0.6) is 0 Å². The third-order valence-electron chi connectivity index (χ3n) is 4.61. The molecule has 0 saturated carbocycles. The van der Waals surface area contributed by atoms with Crippen LogP contribution in [0.3, 0.4) is 0 Å². The zero-order valence-corrected chi connectivity index (χ0v) is 15.1. The van der Waals surface area contributed by atoms with Gasteiger partial charge in [0.05, 0.1) is 12.7 Å². The molecule has 6 nitrogen and oxygen atoms in total. The molecule has 2 heterocycles. The molecule has 0 aromatic heterocycles. The highest BCUT2D eigenvalue weighted by Crippen LogP contribution is 2.39. The summed E-state index contributed by atoms with van der Waals surface area (Å²) in [6, 6.07) is 9.83. The molecule has 2 aliphatic rings. The third kappa shape index (κ3) is 4.20. The number of rotatable bonds is 4. The number of hydrogen-bond acceptors (Lipinski definition) is 6. The van der Waals surface area contributed by atoms with Gasteiger partial charge in [-0.05, 0) is 19.4 Å². The fourth-order valence-electron chi connectivity index (χ4n) is 3.53. The highest BCUT2D eigenvalue weighted by atomic mass is 16.8. The summed E-state index contributed by atoms with van der Waals surface area (Å²) in [5.41, 5.74) is 0.981. The SMILES string of the molecule is CO[C@H]1[C@H](OC(C)=O)C[C@H]([C@@H]2COC(C)(C)O2)O[C@H]1c1ccccc1. The van der Waals surface area contributed by atoms with Crippen molar-refractivity contribution < 1.29 is 28.5 Å². The standard InChI is InChI=1S/C19H26O6/c1-12(20)23-15-10-14(16-11-22-19(2,3)25-16)24-17(18(15)21-4)13-8-6-5-7-9-13/h5-9,14-18H,10-11H2,1-4H3/t14-,15-,16+,17+,18+/m1/s1. The van der Waals surface area contributed by atoms with E-state index in [0.717, 1.165) is 5.56 Å². The monoisotopic (exact) mass is 350 g/mol. The molecule has 2 aliphatic heterocycles. The lowest BCUT2D eigenvalue weighted by atomic mass is 9.91. The molecule has 0 amide bonds. The molecule has 2 fully saturated rings. The molecule has 0 spiro atoms. The van der Waals surface area contributed by atoms with Crippen LogP contribution in [0.15, 0.2) is 30.3 Å². The number of benzene rings is 1. The largest absolute Gasteiger partial charge is 0.460 e. The predicted molar refractivity (Wildman–Crippen MR) is 89.9 cm³/mol. The van der Waals surface area contributed by atoms with Gasteiger partial charge in [-0.15, -0.1) is 0 Å². The summed E-state index contributed by atoms with van der Waals surface area (Å²) in [6.45, 7) is 5.62. The van der Waals surface area contributed by atoms with Crippen LogP contribution in [0.25, 0.3) is 0 Å². The van der Waals surface area contributed by atoms with Gasteiger partial charge in [-0.25, -0.2) is 0 Å². The van der Waals surface area contributed by atoms with Crippen LogP contribution < -0.4 is 0 Å². The first-order chi connectivity index (χ1) is 11.9. The lowest BCUT2D eigenvalue weighted by molar-refractivity contribution is -0.225. The Balaban J connectivity index is 1.85. The summed E-state index contributed by atoms with van der Waals surface area (Å²) in [7, 11) is 1.61. The summed E-state index contributed by atoms with van der Waals surface area (Å²) in [4.78, 5) is 11.6. The van der Waals surface area contributed by atoms with Gasteiger partial charge in [0.15, 0.2) is 5.79 Å². The van der Waals surface area contributed by atoms with Crippen LogP contribution in [0.1, 0.15) is 38.9 Å². The first-order valence-corrected chi connectivity index (χ1v) is 8.62. The van der Waals surface area contributed by atoms with Crippen LogP contribution in [-0.4, -0.2) is 49.9 Å². The molecule has 0 bridgehead atoms. The minimum Gasteiger partial charge on any atom is -0.460 e. The zero-order chi connectivity index (χ0) is 18.0. The van der Waals surface area contributed by atoms with E-state index >= 15 is 0 Å². The van der Waals surface area contributed by atoms with E-state index in [0.29, 0.717) is 13.0 Å². The number of carbonyl (C=O) groups is 1. The molecule has 0 aliphatic carbocycles. The van der Waals surface area contributed by atoms with Gasteiger partial charge >= 0.3 is 5.97 Å². The van der Waals surface area contributed by atoms with Crippen molar-refractivity contribution in [2.24, 2.45) is 0 Å². The van der Waals surface area contributed by atoms with Crippen molar-refractivity contribution in [2.75, 3.05) is 13.7 Å². The Morgan fingerprint density at radius 2 is 1.92 bits per heavy atom. The number of ether oxygens (including phenoxy) is 5. The summed E-state index contributed by atoms with van der Waals surface area (Å²) >= 11 is 0. The van der Waals surface area contributed by atoms with E-state index in [1.165, 1.54) is 6.92 Å². The van der Waals surface area contributed by atoms with Crippen LogP contribution in [0, 0.1) is 0 Å². The average molecular weight is 350 g/mol. The van der Waals surface area contributed by atoms with Gasteiger partial charge in [0, 0.05) is 20.5 Å². The van der Waals surface area contributed by atoms with Crippen LogP contribution in [0.2, 0.25) is 0 Å². The van der Waals surface area contributed by atoms with Crippen molar-refractivity contribution in [3.63, 3.8) is 0 Å². The lowest BCUT2D eigenvalue weighted by Crippen LogP contribution is -2.50. The molecular formula is C19H26O6. The fraction of sp³-hybridized carbons (Fsp3) is 0.632. The molecule has 0 unspecified atom stereocenters. The summed E-state index contributed by atoms with van der Waals surface area (Å²) in [5, 5.41) is 0. The molecule has 1 aromatic carbocycles. The van der Waals surface area contributed by atoms with E-state index in [1.807, 2.05) is 44.2 Å². The maximum Gasteiger partial charge on any atom is 0.302 e. The fourth-order valence-corrected chi connectivity index (χ4v) is 3.53. The van der Waals surface area contributed by atoms with Gasteiger partial charge < -0.3 is 23.7 Å². The van der Waals surface area contributed by atoms with E-state index < -0.39 is 11.9 Å². The van der Waals surface area contributed by atoms with E-state index in [2.05, 4.69) is 0 Å². The number of carbonyl (C=O) groups excluding carboxylic acids is 1. The quantitative estimate of drug-likeness (QED) is 0.778. The third-order valence-corrected chi connectivity index (χ3v) is 4.61. The average Bonchev–Trinajstić information content (AvgIpc) is 2.94. The normalized spacial score (nSPS) is 34.6. The number of methoxy groups -OCH3 is 1. The lowest BCUT2D eigenvalue weighted by Gasteiger charge is -2.42. The summed E-state index contributed by atoms with van der Waals surface area (Å²) in [5.74, 6) is -0.964. The van der Waals surface area contributed by atoms with Crippen molar-refractivity contribution in [3.05, 3.63) is 35.9 Å². The Morgan fingerprint density at radius 3 is 2.48 bits per heavy atom. The molecule has 5 atom stereocenters. The second-order valence-corrected chi connectivity index (χ2v) is 6.96. The highest BCUT2D eigenvalue weighted by Gasteiger charge is 2.47. The van der Waals surface area contributed by atoms with Crippen molar-refractivity contribution >= 4 is 5.97 Å². The van der Waals surface area contributed by atoms with Gasteiger partial charge in [-0.1, -0.05) is 30.3 Å². The Bertz CT molecular complexity index is 587. The van der Waals surface area contributed by atoms with E-state index in [4.69, 9.17) is 23.7 Å². The zero-order valence-electron chi connectivity index (χ0n) is 15.1. The van der Waals surface area contributed by atoms with E-state index in [9.17, 15) is 4.79 Å². The predicted octanol–water partition coefficient (Wildman–Crippen LogP) is 2.61. The molecule has 6 heteroatoms. The maximum atomic E-state index is 11.6. The summed E-state index contributed by atoms with van der Waals surface area (Å²) in [6.07, 6.45) is -1.08. The second-order valence-electron chi connectivity index (χ2n) is 6.96. The smallest absolute Gasteiger partial charge is 0.302 e. The Kier molecular flexibility index (Phi) is 5.43. The molecule has 138 valence electrons. The van der Waals surface area contributed by atoms with Crippen molar-refractivity contribution in [3.8, 4) is 0 Å². The second kappa shape index (κ2) is 7.41. The molecule has 0 radical (unpaired) electrons. The van der Waals surface area contributed by atoms with Crippen molar-refractivity contribution in [2.45, 2.75) is 63.5 Å². The topological polar surface area (TPSA) is 63.2 Å². The van der Waals surface area contributed by atoms with E-state index in [-0.39, 0.29) is 30.4 Å². The number of hydrogen-bond donors (Lipinski definition) is 0.